The summed E-state index contributed by atoms with van der Waals surface area (Å²) in [5.74, 6) is 0.137. The van der Waals surface area contributed by atoms with Crippen molar-refractivity contribution in [1.29, 1.82) is 0 Å². The van der Waals surface area contributed by atoms with E-state index in [9.17, 15) is 13.2 Å². The molecule has 1 aromatic heterocycles. The maximum absolute atomic E-state index is 12.5. The van der Waals surface area contributed by atoms with Crippen LogP contribution in [0.5, 0.6) is 0 Å². The summed E-state index contributed by atoms with van der Waals surface area (Å²) in [4.78, 5) is 12.5. The molecule has 29 heavy (non-hydrogen) atoms. The van der Waals surface area contributed by atoms with Crippen molar-refractivity contribution in [3.63, 3.8) is 0 Å². The number of hydrogen-bond acceptors (Lipinski definition) is 5. The zero-order valence-electron chi connectivity index (χ0n) is 15.9. The van der Waals surface area contributed by atoms with Gasteiger partial charge in [-0.15, -0.1) is 0 Å². The van der Waals surface area contributed by atoms with Crippen LogP contribution in [0.4, 0.5) is 0 Å². The lowest BCUT2D eigenvalue weighted by molar-refractivity contribution is 0.0950. The molecular formula is C21H22N2O5S. The van der Waals surface area contributed by atoms with E-state index < -0.39 is 10.0 Å². The third-order valence-corrected chi connectivity index (χ3v) is 5.68. The summed E-state index contributed by atoms with van der Waals surface area (Å²) in [6.45, 7) is 0.787. The highest BCUT2D eigenvalue weighted by atomic mass is 32.2. The van der Waals surface area contributed by atoms with Crippen molar-refractivity contribution in [3.05, 3.63) is 89.4 Å². The van der Waals surface area contributed by atoms with Crippen LogP contribution in [0.1, 0.15) is 27.2 Å². The minimum atomic E-state index is -3.78. The van der Waals surface area contributed by atoms with Crippen molar-refractivity contribution >= 4 is 15.9 Å². The van der Waals surface area contributed by atoms with Crippen molar-refractivity contribution in [2.45, 2.75) is 24.6 Å². The molecule has 0 radical (unpaired) electrons. The number of benzene rings is 2. The summed E-state index contributed by atoms with van der Waals surface area (Å²) in [5, 5.41) is 2.82. The lowest BCUT2D eigenvalue weighted by Gasteiger charge is -2.11. The Hall–Kier alpha value is -2.94. The number of rotatable bonds is 9. The first kappa shape index (κ1) is 20.8. The van der Waals surface area contributed by atoms with Gasteiger partial charge in [0.25, 0.3) is 5.91 Å². The van der Waals surface area contributed by atoms with Crippen molar-refractivity contribution in [2.24, 2.45) is 0 Å². The predicted molar refractivity (Wildman–Crippen MR) is 108 cm³/mol. The molecule has 8 heteroatoms. The van der Waals surface area contributed by atoms with E-state index in [1.807, 2.05) is 24.3 Å². The monoisotopic (exact) mass is 414 g/mol. The number of carbonyl (C=O) groups is 1. The molecule has 0 saturated heterocycles. The van der Waals surface area contributed by atoms with Crippen LogP contribution in [0, 0.1) is 0 Å². The number of methoxy groups -OCH3 is 1. The molecule has 0 aliphatic heterocycles. The molecule has 152 valence electrons. The number of hydrogen-bond donors (Lipinski definition) is 2. The Morgan fingerprint density at radius 3 is 2.52 bits per heavy atom. The molecule has 3 aromatic rings. The fourth-order valence-electron chi connectivity index (χ4n) is 2.77. The third-order valence-electron chi connectivity index (χ3n) is 4.28. The number of furan rings is 1. The molecule has 0 aliphatic carbocycles. The molecule has 3 rings (SSSR count). The van der Waals surface area contributed by atoms with Crippen molar-refractivity contribution in [2.75, 3.05) is 7.11 Å². The van der Waals surface area contributed by atoms with E-state index in [1.54, 1.807) is 25.3 Å². The van der Waals surface area contributed by atoms with Crippen LogP contribution in [0.2, 0.25) is 0 Å². The van der Waals surface area contributed by atoms with Crippen LogP contribution >= 0.6 is 0 Å². The molecule has 2 aromatic carbocycles. The Balaban J connectivity index is 1.68. The highest BCUT2D eigenvalue weighted by molar-refractivity contribution is 7.89. The van der Waals surface area contributed by atoms with Gasteiger partial charge in [-0.2, -0.15) is 0 Å². The van der Waals surface area contributed by atoms with Crippen molar-refractivity contribution in [3.8, 4) is 0 Å². The highest BCUT2D eigenvalue weighted by Crippen LogP contribution is 2.14. The van der Waals surface area contributed by atoms with Crippen LogP contribution in [0.15, 0.2) is 76.2 Å². The molecule has 0 atom stereocenters. The van der Waals surface area contributed by atoms with E-state index in [4.69, 9.17) is 9.15 Å². The van der Waals surface area contributed by atoms with Crippen LogP contribution in [0.25, 0.3) is 0 Å². The van der Waals surface area contributed by atoms with Gasteiger partial charge in [0.05, 0.1) is 24.3 Å². The Kier molecular flexibility index (Phi) is 6.82. The van der Waals surface area contributed by atoms with Gasteiger partial charge in [-0.3, -0.25) is 4.79 Å². The molecule has 1 heterocycles. The minimum Gasteiger partial charge on any atom is -0.468 e. The van der Waals surface area contributed by atoms with Gasteiger partial charge >= 0.3 is 0 Å². The zero-order chi connectivity index (χ0) is 20.7. The Labute approximate surface area is 169 Å². The Morgan fingerprint density at radius 2 is 1.79 bits per heavy atom. The van der Waals surface area contributed by atoms with Gasteiger partial charge in [-0.05, 0) is 41.5 Å². The van der Waals surface area contributed by atoms with E-state index in [2.05, 4.69) is 10.0 Å². The smallest absolute Gasteiger partial charge is 0.251 e. The van der Waals surface area contributed by atoms with Gasteiger partial charge in [0.1, 0.15) is 5.76 Å². The fraction of sp³-hybridized carbons (Fsp3) is 0.190. The largest absolute Gasteiger partial charge is 0.468 e. The SMILES string of the molecule is COCc1ccccc1CNC(=O)c1cccc(S(=O)(=O)NCc2ccco2)c1. The van der Waals surface area contributed by atoms with E-state index in [1.165, 1.54) is 24.5 Å². The molecule has 7 nitrogen and oxygen atoms in total. The van der Waals surface area contributed by atoms with Gasteiger partial charge in [0, 0.05) is 19.2 Å². The van der Waals surface area contributed by atoms with Gasteiger partial charge < -0.3 is 14.5 Å². The maximum atomic E-state index is 12.5. The Morgan fingerprint density at radius 1 is 1.00 bits per heavy atom. The molecule has 0 aliphatic rings. The zero-order valence-corrected chi connectivity index (χ0v) is 16.7. The van der Waals surface area contributed by atoms with Crippen LogP contribution < -0.4 is 10.0 Å². The molecule has 0 saturated carbocycles. The maximum Gasteiger partial charge on any atom is 0.251 e. The number of sulfonamides is 1. The second-order valence-electron chi connectivity index (χ2n) is 6.32. The summed E-state index contributed by atoms with van der Waals surface area (Å²) in [6.07, 6.45) is 1.47. The summed E-state index contributed by atoms with van der Waals surface area (Å²) in [7, 11) is -2.17. The molecule has 0 spiro atoms. The number of carbonyl (C=O) groups excluding carboxylic acids is 1. The van der Waals surface area contributed by atoms with Crippen LogP contribution in [-0.4, -0.2) is 21.4 Å². The normalized spacial score (nSPS) is 11.3. The quantitative estimate of drug-likeness (QED) is 0.561. The van der Waals surface area contributed by atoms with Gasteiger partial charge in [0.2, 0.25) is 10.0 Å². The average Bonchev–Trinajstić information content (AvgIpc) is 3.26. The molecule has 0 fully saturated rings. The lowest BCUT2D eigenvalue weighted by Crippen LogP contribution is -2.25. The summed E-state index contributed by atoms with van der Waals surface area (Å²) in [5.41, 5.74) is 2.18. The van der Waals surface area contributed by atoms with Crippen LogP contribution in [-0.2, 0) is 34.5 Å². The van der Waals surface area contributed by atoms with E-state index in [0.717, 1.165) is 11.1 Å². The number of ether oxygens (including phenoxy) is 1. The lowest BCUT2D eigenvalue weighted by atomic mass is 10.1. The van der Waals surface area contributed by atoms with Gasteiger partial charge in [-0.1, -0.05) is 30.3 Å². The third kappa shape index (κ3) is 5.54. The number of nitrogens with one attached hydrogen (secondary N) is 2. The highest BCUT2D eigenvalue weighted by Gasteiger charge is 2.17. The summed E-state index contributed by atoms with van der Waals surface area (Å²) >= 11 is 0. The van der Waals surface area contributed by atoms with E-state index >= 15 is 0 Å². The first-order valence-electron chi connectivity index (χ1n) is 8.95. The number of amides is 1. The second-order valence-corrected chi connectivity index (χ2v) is 8.08. The molecular weight excluding hydrogens is 392 g/mol. The summed E-state index contributed by atoms with van der Waals surface area (Å²) < 4.78 is 37.8. The first-order chi connectivity index (χ1) is 14.0. The summed E-state index contributed by atoms with van der Waals surface area (Å²) in [6, 6.07) is 16.9. The van der Waals surface area contributed by atoms with Gasteiger partial charge in [0.15, 0.2) is 0 Å². The minimum absolute atomic E-state index is 0.0106. The Bertz CT molecular complexity index is 1060. The van der Waals surface area contributed by atoms with Crippen LogP contribution in [0.3, 0.4) is 0 Å². The molecule has 0 bridgehead atoms. The van der Waals surface area contributed by atoms with E-state index in [0.29, 0.717) is 18.9 Å². The topological polar surface area (TPSA) is 97.6 Å². The molecule has 0 unspecified atom stereocenters. The van der Waals surface area contributed by atoms with Crippen molar-refractivity contribution < 1.29 is 22.4 Å². The standard InChI is InChI=1S/C21H22N2O5S/c1-27-15-18-7-3-2-6-17(18)13-22-21(24)16-8-4-10-20(12-16)29(25,26)23-14-19-9-5-11-28-19/h2-12,23H,13-15H2,1H3,(H,22,24). The predicted octanol–water partition coefficient (Wildman–Crippen LogP) is 2.83. The fourth-order valence-corrected chi connectivity index (χ4v) is 3.81. The molecule has 2 N–H and O–H groups in total. The van der Waals surface area contributed by atoms with Crippen molar-refractivity contribution in [1.82, 2.24) is 10.0 Å². The molecule has 1 amide bonds. The second kappa shape index (κ2) is 9.51. The van der Waals surface area contributed by atoms with E-state index in [-0.39, 0.29) is 22.9 Å². The first-order valence-corrected chi connectivity index (χ1v) is 10.4. The van der Waals surface area contributed by atoms with Gasteiger partial charge in [-0.25, -0.2) is 13.1 Å². The average molecular weight is 414 g/mol.